The van der Waals surface area contributed by atoms with Crippen LogP contribution in [0.2, 0.25) is 6.32 Å². The first-order valence-electron chi connectivity index (χ1n) is 7.28. The molecule has 0 bridgehead atoms. The van der Waals surface area contributed by atoms with Crippen LogP contribution >= 0.6 is 0 Å². The Balaban J connectivity index is 1.62. The predicted molar refractivity (Wildman–Crippen MR) is 82.8 cm³/mol. The van der Waals surface area contributed by atoms with Crippen LogP contribution in [0.3, 0.4) is 0 Å². The molecule has 0 amide bonds. The van der Waals surface area contributed by atoms with E-state index in [-0.39, 0.29) is 6.10 Å². The third-order valence-corrected chi connectivity index (χ3v) is 3.96. The highest BCUT2D eigenvalue weighted by Crippen LogP contribution is 2.35. The topological polar surface area (TPSA) is 77.0 Å². The molecule has 2 aliphatic rings. The molecule has 1 aromatic carbocycles. The van der Waals surface area contributed by atoms with Gasteiger partial charge in [-0.1, -0.05) is 6.07 Å². The summed E-state index contributed by atoms with van der Waals surface area (Å²) in [7, 11) is 0.794. The van der Waals surface area contributed by atoms with Gasteiger partial charge >= 0.3 is 7.48 Å². The summed E-state index contributed by atoms with van der Waals surface area (Å²) in [6.45, 7) is 3.55. The molecular formula is C14H21BN4O2. The Morgan fingerprint density at radius 2 is 2.29 bits per heavy atom. The van der Waals surface area contributed by atoms with Crippen LogP contribution < -0.4 is 21.0 Å². The second-order valence-corrected chi connectivity index (χ2v) is 5.46. The normalized spacial score (nSPS) is 18.6. The predicted octanol–water partition coefficient (Wildman–Crippen LogP) is 0.283. The molecule has 21 heavy (non-hydrogen) atoms. The van der Waals surface area contributed by atoms with E-state index in [4.69, 9.17) is 21.0 Å². The van der Waals surface area contributed by atoms with Crippen molar-refractivity contribution in [3.63, 3.8) is 0 Å². The summed E-state index contributed by atoms with van der Waals surface area (Å²) < 4.78 is 11.8. The van der Waals surface area contributed by atoms with Crippen LogP contribution in [-0.2, 0) is 6.42 Å². The van der Waals surface area contributed by atoms with Gasteiger partial charge in [0.25, 0.3) is 0 Å². The zero-order chi connectivity index (χ0) is 14.8. The minimum atomic E-state index is 0.141. The Bertz CT molecular complexity index is 546. The molecule has 6 nitrogen and oxygen atoms in total. The summed E-state index contributed by atoms with van der Waals surface area (Å²) in [4.78, 5) is 0. The van der Waals surface area contributed by atoms with Gasteiger partial charge < -0.3 is 15.1 Å². The maximum Gasteiger partial charge on any atom is 0.340 e. The second kappa shape index (κ2) is 5.87. The van der Waals surface area contributed by atoms with Crippen molar-refractivity contribution in [2.24, 2.45) is 11.6 Å². The molecule has 1 aromatic rings. The van der Waals surface area contributed by atoms with Gasteiger partial charge in [0, 0.05) is 18.0 Å². The molecule has 112 valence electrons. The molecule has 0 aromatic heterocycles. The summed E-state index contributed by atoms with van der Waals surface area (Å²) in [5.41, 5.74) is 7.69. The van der Waals surface area contributed by atoms with Crippen molar-refractivity contribution in [2.45, 2.75) is 25.8 Å². The molecular weight excluding hydrogens is 267 g/mol. The van der Waals surface area contributed by atoms with E-state index in [9.17, 15) is 0 Å². The average molecular weight is 288 g/mol. The Hall–Kier alpha value is -1.86. The van der Waals surface area contributed by atoms with Gasteiger partial charge in [0.15, 0.2) is 0 Å². The number of hydrogen-bond donors (Lipinski definition) is 2. The molecule has 0 atom stereocenters. The Morgan fingerprint density at radius 1 is 1.48 bits per heavy atom. The van der Waals surface area contributed by atoms with Gasteiger partial charge in [-0.2, -0.15) is 5.01 Å². The van der Waals surface area contributed by atoms with Crippen molar-refractivity contribution < 1.29 is 9.39 Å². The number of nitrogens with zero attached hydrogens (tertiary/aromatic N) is 2. The largest absolute Gasteiger partial charge is 0.564 e. The van der Waals surface area contributed by atoms with Crippen molar-refractivity contribution >= 4 is 7.48 Å². The van der Waals surface area contributed by atoms with E-state index < -0.39 is 0 Å². The van der Waals surface area contributed by atoms with Gasteiger partial charge in [0.2, 0.25) is 0 Å². The maximum absolute atomic E-state index is 6.05. The quantitative estimate of drug-likeness (QED) is 0.471. The third-order valence-electron chi connectivity index (χ3n) is 3.96. The summed E-state index contributed by atoms with van der Waals surface area (Å²) in [5, 5.41) is 3.45. The van der Waals surface area contributed by atoms with Crippen LogP contribution in [0.4, 0.5) is 0 Å². The molecule has 0 unspecified atom stereocenters. The first kappa shape index (κ1) is 14.1. The monoisotopic (exact) mass is 288 g/mol. The van der Waals surface area contributed by atoms with Crippen molar-refractivity contribution in [3.05, 3.63) is 35.7 Å². The second-order valence-electron chi connectivity index (χ2n) is 5.46. The van der Waals surface area contributed by atoms with E-state index in [2.05, 4.69) is 13.0 Å². The molecule has 0 saturated carbocycles. The van der Waals surface area contributed by atoms with Gasteiger partial charge in [-0.05, 0) is 31.3 Å². The number of rotatable bonds is 4. The first-order chi connectivity index (χ1) is 10.2. The Kier molecular flexibility index (Phi) is 3.94. The van der Waals surface area contributed by atoms with Crippen LogP contribution in [0.1, 0.15) is 11.1 Å². The minimum absolute atomic E-state index is 0.141. The zero-order valence-corrected chi connectivity index (χ0v) is 12.3. The summed E-state index contributed by atoms with van der Waals surface area (Å²) in [5.74, 6) is 7.69. The molecule has 2 heterocycles. The molecule has 0 spiro atoms. The number of hydrazine groups is 2. The summed E-state index contributed by atoms with van der Waals surface area (Å²) in [6, 6.07) is 4.16. The van der Waals surface area contributed by atoms with E-state index in [1.807, 2.05) is 11.1 Å². The number of ether oxygens (including phenoxy) is 1. The molecule has 4 N–H and O–H groups in total. The highest BCUT2D eigenvalue weighted by atomic mass is 16.5. The van der Waals surface area contributed by atoms with Crippen LogP contribution in [0.5, 0.6) is 11.5 Å². The lowest BCUT2D eigenvalue weighted by atomic mass is 9.85. The Morgan fingerprint density at radius 3 is 3.05 bits per heavy atom. The SMILES string of the molecule is Cc1c(OC2CN(N(N)/C=C\N)C2)ccc2c1OBCC2. The van der Waals surface area contributed by atoms with Crippen LogP contribution in [0, 0.1) is 6.92 Å². The van der Waals surface area contributed by atoms with Gasteiger partial charge in [0.05, 0.1) is 13.1 Å². The van der Waals surface area contributed by atoms with E-state index in [0.717, 1.165) is 50.4 Å². The van der Waals surface area contributed by atoms with E-state index >= 15 is 0 Å². The third kappa shape index (κ3) is 2.79. The van der Waals surface area contributed by atoms with Gasteiger partial charge in [0.1, 0.15) is 17.6 Å². The molecule has 1 fully saturated rings. The standard InChI is InChI=1S/C14H21BN4O2/c1-10-13(3-2-11-4-5-15-21-14(10)11)20-12-8-18(9-12)19(17)7-6-16/h2-3,6-7,12,15H,4-5,8-9,16-17H2,1H3/b7-6-. The van der Waals surface area contributed by atoms with Gasteiger partial charge in [-0.15, -0.1) is 0 Å². The zero-order valence-electron chi connectivity index (χ0n) is 12.3. The lowest BCUT2D eigenvalue weighted by Crippen LogP contribution is -2.61. The number of fused-ring (bicyclic) bond motifs is 1. The number of hydrogen-bond acceptors (Lipinski definition) is 6. The summed E-state index contributed by atoms with van der Waals surface area (Å²) >= 11 is 0. The van der Waals surface area contributed by atoms with Crippen molar-refractivity contribution in [1.29, 1.82) is 0 Å². The average Bonchev–Trinajstić information content (AvgIpc) is 2.45. The van der Waals surface area contributed by atoms with Crippen LogP contribution in [0.25, 0.3) is 0 Å². The molecule has 0 radical (unpaired) electrons. The minimum Gasteiger partial charge on any atom is -0.564 e. The molecule has 1 saturated heterocycles. The van der Waals surface area contributed by atoms with Crippen molar-refractivity contribution in [3.8, 4) is 11.5 Å². The molecule has 3 rings (SSSR count). The molecule has 7 heteroatoms. The highest BCUT2D eigenvalue weighted by molar-refractivity contribution is 6.29. The first-order valence-corrected chi connectivity index (χ1v) is 7.28. The highest BCUT2D eigenvalue weighted by Gasteiger charge is 2.31. The van der Waals surface area contributed by atoms with E-state index in [0.29, 0.717) is 0 Å². The lowest BCUT2D eigenvalue weighted by Gasteiger charge is -2.42. The number of nitrogens with two attached hydrogens (primary N) is 2. The fourth-order valence-electron chi connectivity index (χ4n) is 2.73. The van der Waals surface area contributed by atoms with Gasteiger partial charge in [-0.25, -0.2) is 11.0 Å². The van der Waals surface area contributed by atoms with Crippen molar-refractivity contribution in [1.82, 2.24) is 10.1 Å². The number of aryl methyl sites for hydroxylation is 1. The smallest absolute Gasteiger partial charge is 0.340 e. The fraction of sp³-hybridized carbons (Fsp3) is 0.429. The van der Waals surface area contributed by atoms with E-state index in [1.165, 1.54) is 16.9 Å². The Labute approximate surface area is 125 Å². The lowest BCUT2D eigenvalue weighted by molar-refractivity contribution is -0.103. The van der Waals surface area contributed by atoms with E-state index in [1.54, 1.807) is 6.20 Å². The number of benzene rings is 1. The molecule has 2 aliphatic heterocycles. The molecule has 0 aliphatic carbocycles. The van der Waals surface area contributed by atoms with Gasteiger partial charge in [-0.3, -0.25) is 0 Å². The van der Waals surface area contributed by atoms with Crippen LogP contribution in [-0.4, -0.2) is 36.8 Å². The maximum atomic E-state index is 6.05. The van der Waals surface area contributed by atoms with Crippen molar-refractivity contribution in [2.75, 3.05) is 13.1 Å². The summed E-state index contributed by atoms with van der Waals surface area (Å²) in [6.07, 6.45) is 5.35. The fourth-order valence-corrected chi connectivity index (χ4v) is 2.73. The van der Waals surface area contributed by atoms with Crippen LogP contribution in [0.15, 0.2) is 24.5 Å².